The van der Waals surface area contributed by atoms with Crippen molar-refractivity contribution in [2.45, 2.75) is 31.9 Å². The number of phenols is 1. The lowest BCUT2D eigenvalue weighted by atomic mass is 9.97. The number of rotatable bonds is 4. The van der Waals surface area contributed by atoms with Gasteiger partial charge in [-0.15, -0.1) is 0 Å². The summed E-state index contributed by atoms with van der Waals surface area (Å²) in [6, 6.07) is 2.56. The number of alkyl halides is 2. The third-order valence-electron chi connectivity index (χ3n) is 2.47. The van der Waals surface area contributed by atoms with Gasteiger partial charge in [0.15, 0.2) is 0 Å². The molecule has 0 aliphatic heterocycles. The first-order valence-electron chi connectivity index (χ1n) is 5.18. The molecule has 0 bridgehead atoms. The SMILES string of the molecule is CC(C)c1cc(CS(=O)(=O)Cl)c(O)c(C(F)F)c1. The smallest absolute Gasteiger partial charge is 0.267 e. The van der Waals surface area contributed by atoms with Crippen molar-refractivity contribution in [3.8, 4) is 5.75 Å². The lowest BCUT2D eigenvalue weighted by Crippen LogP contribution is -2.01. The highest BCUT2D eigenvalue weighted by Gasteiger charge is 2.21. The van der Waals surface area contributed by atoms with Gasteiger partial charge in [0.25, 0.3) is 6.43 Å². The Labute approximate surface area is 109 Å². The van der Waals surface area contributed by atoms with Crippen LogP contribution in [0.4, 0.5) is 8.78 Å². The molecule has 0 saturated heterocycles. The second kappa shape index (κ2) is 5.40. The number of phenolic OH excluding ortho intramolecular Hbond substituents is 1. The Morgan fingerprint density at radius 1 is 1.33 bits per heavy atom. The van der Waals surface area contributed by atoms with Crippen LogP contribution in [0.5, 0.6) is 5.75 Å². The summed E-state index contributed by atoms with van der Waals surface area (Å²) in [5.74, 6) is -1.46. The molecule has 3 nitrogen and oxygen atoms in total. The zero-order chi connectivity index (χ0) is 14.1. The normalized spacial score (nSPS) is 12.4. The number of halogens is 3. The van der Waals surface area contributed by atoms with Gasteiger partial charge in [-0.1, -0.05) is 19.9 Å². The van der Waals surface area contributed by atoms with Crippen LogP contribution >= 0.6 is 10.7 Å². The predicted octanol–water partition coefficient (Wildman–Crippen LogP) is 3.52. The van der Waals surface area contributed by atoms with E-state index in [0.717, 1.165) is 0 Å². The summed E-state index contributed by atoms with van der Waals surface area (Å²) in [6.07, 6.45) is -2.87. The first-order valence-corrected chi connectivity index (χ1v) is 7.66. The van der Waals surface area contributed by atoms with Crippen LogP contribution in [0, 0.1) is 0 Å². The van der Waals surface area contributed by atoms with Crippen molar-refractivity contribution in [3.05, 3.63) is 28.8 Å². The molecule has 0 heterocycles. The van der Waals surface area contributed by atoms with E-state index in [1.807, 2.05) is 0 Å². The van der Waals surface area contributed by atoms with E-state index in [1.165, 1.54) is 12.1 Å². The third kappa shape index (κ3) is 3.81. The first kappa shape index (κ1) is 15.2. The average Bonchev–Trinajstić information content (AvgIpc) is 2.18. The summed E-state index contributed by atoms with van der Waals surface area (Å²) in [4.78, 5) is 0. The monoisotopic (exact) mass is 298 g/mol. The van der Waals surface area contributed by atoms with Gasteiger partial charge in [0.05, 0.1) is 11.3 Å². The molecular weight excluding hydrogens is 286 g/mol. The maximum absolute atomic E-state index is 12.7. The molecule has 1 aromatic carbocycles. The minimum atomic E-state index is -3.92. The molecule has 0 spiro atoms. The highest BCUT2D eigenvalue weighted by Crippen LogP contribution is 2.35. The van der Waals surface area contributed by atoms with Gasteiger partial charge in [-0.25, -0.2) is 17.2 Å². The van der Waals surface area contributed by atoms with Crippen LogP contribution in [-0.4, -0.2) is 13.5 Å². The predicted molar refractivity (Wildman–Crippen MR) is 65.6 cm³/mol. The molecule has 1 N–H and O–H groups in total. The van der Waals surface area contributed by atoms with Gasteiger partial charge in [0, 0.05) is 16.2 Å². The Hall–Kier alpha value is -0.880. The second-order valence-corrected chi connectivity index (χ2v) is 7.03. The average molecular weight is 299 g/mol. The van der Waals surface area contributed by atoms with Crippen molar-refractivity contribution in [1.82, 2.24) is 0 Å². The number of hydrogen-bond acceptors (Lipinski definition) is 3. The van der Waals surface area contributed by atoms with Crippen molar-refractivity contribution in [2.75, 3.05) is 0 Å². The molecule has 18 heavy (non-hydrogen) atoms. The van der Waals surface area contributed by atoms with Gasteiger partial charge in [-0.2, -0.15) is 0 Å². The zero-order valence-electron chi connectivity index (χ0n) is 9.82. The summed E-state index contributed by atoms with van der Waals surface area (Å²) in [5.41, 5.74) is -0.151. The van der Waals surface area contributed by atoms with E-state index in [1.54, 1.807) is 13.8 Å². The van der Waals surface area contributed by atoms with E-state index in [4.69, 9.17) is 10.7 Å². The highest BCUT2D eigenvalue weighted by molar-refractivity contribution is 8.13. The fraction of sp³-hybridized carbons (Fsp3) is 0.455. The highest BCUT2D eigenvalue weighted by atomic mass is 35.7. The van der Waals surface area contributed by atoms with Crippen LogP contribution in [0.25, 0.3) is 0 Å². The fourth-order valence-electron chi connectivity index (χ4n) is 1.54. The maximum atomic E-state index is 12.7. The number of hydrogen-bond donors (Lipinski definition) is 1. The Morgan fingerprint density at radius 3 is 2.28 bits per heavy atom. The summed E-state index contributed by atoms with van der Waals surface area (Å²) < 4.78 is 47.4. The van der Waals surface area contributed by atoms with Crippen molar-refractivity contribution in [1.29, 1.82) is 0 Å². The van der Waals surface area contributed by atoms with Crippen molar-refractivity contribution in [2.24, 2.45) is 0 Å². The molecule has 1 aromatic rings. The molecule has 0 atom stereocenters. The molecular formula is C11H13ClF2O3S. The molecule has 0 fully saturated rings. The standard InChI is InChI=1S/C11H13ClF2O3S/c1-6(2)7-3-8(5-18(12,16)17)10(15)9(4-7)11(13)14/h3-4,6,11,15H,5H2,1-2H3. The van der Waals surface area contributed by atoms with Crippen LogP contribution in [0.15, 0.2) is 12.1 Å². The summed E-state index contributed by atoms with van der Waals surface area (Å²) in [7, 11) is 1.16. The minimum absolute atomic E-state index is 0.0696. The third-order valence-corrected chi connectivity index (χ3v) is 3.45. The van der Waals surface area contributed by atoms with Gasteiger partial charge in [0.2, 0.25) is 9.05 Å². The van der Waals surface area contributed by atoms with E-state index in [9.17, 15) is 22.3 Å². The molecule has 0 unspecified atom stereocenters. The quantitative estimate of drug-likeness (QED) is 0.865. The molecule has 0 aliphatic rings. The van der Waals surface area contributed by atoms with Crippen LogP contribution in [0.2, 0.25) is 0 Å². The molecule has 1 rings (SSSR count). The summed E-state index contributed by atoms with van der Waals surface area (Å²) >= 11 is 0. The van der Waals surface area contributed by atoms with Crippen molar-refractivity contribution in [3.63, 3.8) is 0 Å². The van der Waals surface area contributed by atoms with Crippen LogP contribution in [0.1, 0.15) is 42.9 Å². The molecule has 0 aromatic heterocycles. The summed E-state index contributed by atoms with van der Waals surface area (Å²) in [6.45, 7) is 3.56. The first-order chi connectivity index (χ1) is 8.11. The zero-order valence-corrected chi connectivity index (χ0v) is 11.4. The van der Waals surface area contributed by atoms with E-state index >= 15 is 0 Å². The molecule has 102 valence electrons. The molecule has 0 amide bonds. The number of aromatic hydroxyl groups is 1. The lowest BCUT2D eigenvalue weighted by molar-refractivity contribution is 0.147. The minimum Gasteiger partial charge on any atom is -0.507 e. The van der Waals surface area contributed by atoms with Gasteiger partial charge in [-0.05, 0) is 17.5 Å². The lowest BCUT2D eigenvalue weighted by Gasteiger charge is -2.14. The van der Waals surface area contributed by atoms with Crippen LogP contribution in [0.3, 0.4) is 0 Å². The number of benzene rings is 1. The fourth-order valence-corrected chi connectivity index (χ4v) is 2.48. The second-order valence-electron chi connectivity index (χ2n) is 4.26. The van der Waals surface area contributed by atoms with Gasteiger partial charge in [-0.3, -0.25) is 0 Å². The van der Waals surface area contributed by atoms with E-state index in [0.29, 0.717) is 5.56 Å². The van der Waals surface area contributed by atoms with Gasteiger partial charge in [0.1, 0.15) is 5.75 Å². The Kier molecular flexibility index (Phi) is 4.55. The Bertz CT molecular complexity index is 541. The topological polar surface area (TPSA) is 54.4 Å². The molecule has 7 heteroatoms. The van der Waals surface area contributed by atoms with Crippen molar-refractivity contribution >= 4 is 19.7 Å². The molecule has 0 aliphatic carbocycles. The van der Waals surface area contributed by atoms with E-state index in [-0.39, 0.29) is 11.5 Å². The Balaban J connectivity index is 3.40. The van der Waals surface area contributed by atoms with E-state index < -0.39 is 32.5 Å². The summed E-state index contributed by atoms with van der Waals surface area (Å²) in [5, 5.41) is 9.63. The van der Waals surface area contributed by atoms with Gasteiger partial charge < -0.3 is 5.11 Å². The van der Waals surface area contributed by atoms with Crippen LogP contribution in [-0.2, 0) is 14.8 Å². The molecule has 0 radical (unpaired) electrons. The Morgan fingerprint density at radius 2 is 1.89 bits per heavy atom. The molecule has 0 saturated carbocycles. The van der Waals surface area contributed by atoms with E-state index in [2.05, 4.69) is 0 Å². The van der Waals surface area contributed by atoms with Crippen molar-refractivity contribution < 1.29 is 22.3 Å². The largest absolute Gasteiger partial charge is 0.507 e. The van der Waals surface area contributed by atoms with Gasteiger partial charge >= 0.3 is 0 Å². The maximum Gasteiger partial charge on any atom is 0.267 e. The van der Waals surface area contributed by atoms with Crippen LogP contribution < -0.4 is 0 Å².